The lowest BCUT2D eigenvalue weighted by atomic mass is 9.71. The van der Waals surface area contributed by atoms with Gasteiger partial charge in [0.15, 0.2) is 5.01 Å². The number of ether oxygens (including phenoxy) is 1. The fraction of sp³-hybridized carbons (Fsp3) is 0.594. The van der Waals surface area contributed by atoms with Gasteiger partial charge in [-0.2, -0.15) is 25.9 Å². The molecule has 0 radical (unpaired) electrons. The number of carboxylic acid groups (broad SMARTS) is 1. The molecular formula is C32H44F3N7O6S2. The van der Waals surface area contributed by atoms with Crippen molar-refractivity contribution in [1.82, 2.24) is 29.5 Å². The Hall–Kier alpha value is -3.45. The molecule has 1 saturated heterocycles. The number of carbonyl (C=O) groups is 2. The molecule has 1 aliphatic heterocycles. The molecule has 3 aromatic rings. The van der Waals surface area contributed by atoms with Crippen molar-refractivity contribution in [3.8, 4) is 0 Å². The lowest BCUT2D eigenvalue weighted by Crippen LogP contribution is -2.34. The third-order valence-corrected chi connectivity index (χ3v) is 11.1. The van der Waals surface area contributed by atoms with Crippen LogP contribution in [0.1, 0.15) is 72.7 Å². The average molecular weight is 744 g/mol. The SMILES string of the molecule is CN(C)S(=O)(=O)Nc1ccc([C@@H](CCN2CCCOCC2)NC(=O)c2nc3cc4c(nc3s2)CC[C@H](C(C)(C)C)C4)cn1.O=C(O)C(F)(F)F. The van der Waals surface area contributed by atoms with E-state index < -0.39 is 22.4 Å². The minimum Gasteiger partial charge on any atom is -0.475 e. The van der Waals surface area contributed by atoms with Gasteiger partial charge in [0.05, 0.1) is 12.6 Å². The number of amides is 1. The molecule has 3 aromatic heterocycles. The lowest BCUT2D eigenvalue weighted by molar-refractivity contribution is -0.192. The minimum absolute atomic E-state index is 0.210. The number of aryl methyl sites for hydroxylation is 1. The quantitative estimate of drug-likeness (QED) is 0.280. The van der Waals surface area contributed by atoms with Crippen LogP contribution in [-0.2, 0) is 32.6 Å². The normalized spacial score (nSPS) is 18.1. The van der Waals surface area contributed by atoms with E-state index in [4.69, 9.17) is 24.6 Å². The van der Waals surface area contributed by atoms with Crippen molar-refractivity contribution in [3.05, 3.63) is 46.2 Å². The van der Waals surface area contributed by atoms with E-state index in [9.17, 15) is 26.4 Å². The van der Waals surface area contributed by atoms with E-state index in [1.807, 2.05) is 0 Å². The smallest absolute Gasteiger partial charge is 0.475 e. The van der Waals surface area contributed by atoms with Crippen LogP contribution in [0.15, 0.2) is 24.4 Å². The first-order valence-electron chi connectivity index (χ1n) is 16.2. The molecule has 50 heavy (non-hydrogen) atoms. The second-order valence-corrected chi connectivity index (χ2v) is 16.4. The molecule has 1 aliphatic carbocycles. The first kappa shape index (κ1) is 39.3. The Kier molecular flexibility index (Phi) is 12.8. The molecule has 2 atom stereocenters. The highest BCUT2D eigenvalue weighted by Crippen LogP contribution is 2.38. The fourth-order valence-electron chi connectivity index (χ4n) is 5.62. The summed E-state index contributed by atoms with van der Waals surface area (Å²) in [5.74, 6) is -2.21. The molecule has 0 aromatic carbocycles. The standard InChI is InChI=1S/C30H43N7O4S2.C2HF3O2/c1-30(2,3)22-8-9-23-21(17-22)18-25-28(33-23)42-29(34-25)27(38)32-24(11-13-37-12-6-15-41-16-14-37)20-7-10-26(31-19-20)35-43(39,40)36(4)5;3-2(4,5)1(6)7/h7,10,18-19,22,24H,6,8-9,11-17H2,1-5H3,(H,31,35)(H,32,38);(H,6,7)/t22-,24+;/m0./s1. The van der Waals surface area contributed by atoms with Gasteiger partial charge in [-0.05, 0) is 66.7 Å². The number of halogens is 3. The summed E-state index contributed by atoms with van der Waals surface area (Å²) in [6.07, 6.45) is 1.21. The van der Waals surface area contributed by atoms with Gasteiger partial charge in [-0.1, -0.05) is 38.2 Å². The van der Waals surface area contributed by atoms with Crippen LogP contribution >= 0.6 is 11.3 Å². The van der Waals surface area contributed by atoms with Crippen molar-refractivity contribution in [2.45, 2.75) is 65.1 Å². The Labute approximate surface area is 293 Å². The molecule has 0 bridgehead atoms. The minimum atomic E-state index is -5.08. The third kappa shape index (κ3) is 10.8. The number of hydrogen-bond acceptors (Lipinski definition) is 10. The summed E-state index contributed by atoms with van der Waals surface area (Å²) in [6, 6.07) is 5.20. The van der Waals surface area contributed by atoms with Gasteiger partial charge >= 0.3 is 22.4 Å². The number of hydrogen-bond donors (Lipinski definition) is 3. The molecule has 0 unspecified atom stereocenters. The third-order valence-electron chi connectivity index (χ3n) is 8.67. The Morgan fingerprint density at radius 1 is 1.16 bits per heavy atom. The number of nitrogens with zero attached hydrogens (tertiary/aromatic N) is 5. The van der Waals surface area contributed by atoms with E-state index in [-0.39, 0.29) is 23.2 Å². The van der Waals surface area contributed by atoms with Crippen LogP contribution in [0.5, 0.6) is 0 Å². The molecule has 5 rings (SSSR count). The zero-order valence-corrected chi connectivity index (χ0v) is 30.3. The second-order valence-electron chi connectivity index (χ2n) is 13.5. The van der Waals surface area contributed by atoms with Gasteiger partial charge in [-0.3, -0.25) is 9.52 Å². The number of pyridine rings is 2. The van der Waals surface area contributed by atoms with Crippen molar-refractivity contribution in [3.63, 3.8) is 0 Å². The maximum atomic E-state index is 13.6. The summed E-state index contributed by atoms with van der Waals surface area (Å²) in [5, 5.41) is 10.7. The van der Waals surface area contributed by atoms with Crippen molar-refractivity contribution in [1.29, 1.82) is 0 Å². The monoisotopic (exact) mass is 743 g/mol. The number of carboxylic acids is 1. The Morgan fingerprint density at radius 3 is 2.50 bits per heavy atom. The highest BCUT2D eigenvalue weighted by atomic mass is 32.2. The molecule has 0 spiro atoms. The number of fused-ring (bicyclic) bond motifs is 2. The molecule has 1 amide bonds. The molecule has 4 heterocycles. The van der Waals surface area contributed by atoms with Crippen molar-refractivity contribution in [2.75, 3.05) is 51.7 Å². The van der Waals surface area contributed by atoms with Crippen LogP contribution in [0, 0.1) is 11.3 Å². The highest BCUT2D eigenvalue weighted by Gasteiger charge is 2.38. The molecule has 0 saturated carbocycles. The number of nitrogens with one attached hydrogen (secondary N) is 2. The number of carbonyl (C=O) groups excluding carboxylic acids is 1. The number of anilines is 1. The van der Waals surface area contributed by atoms with E-state index in [0.717, 1.165) is 77.8 Å². The second kappa shape index (κ2) is 16.3. The largest absolute Gasteiger partial charge is 0.490 e. The molecule has 18 heteroatoms. The lowest BCUT2D eigenvalue weighted by Gasteiger charge is -2.34. The maximum absolute atomic E-state index is 13.6. The molecular weight excluding hydrogens is 700 g/mol. The van der Waals surface area contributed by atoms with Crippen molar-refractivity contribution in [2.24, 2.45) is 11.3 Å². The van der Waals surface area contributed by atoms with Crippen LogP contribution in [0.3, 0.4) is 0 Å². The number of rotatable bonds is 9. The Bertz CT molecular complexity index is 1740. The predicted molar refractivity (Wildman–Crippen MR) is 183 cm³/mol. The van der Waals surface area contributed by atoms with Gasteiger partial charge in [-0.25, -0.2) is 19.7 Å². The Balaban J connectivity index is 0.000000727. The average Bonchev–Trinajstić information content (AvgIpc) is 3.26. The summed E-state index contributed by atoms with van der Waals surface area (Å²) < 4.78 is 65.3. The first-order valence-corrected chi connectivity index (χ1v) is 18.5. The van der Waals surface area contributed by atoms with E-state index in [1.54, 1.807) is 18.3 Å². The summed E-state index contributed by atoms with van der Waals surface area (Å²) in [6.45, 7) is 10.9. The molecule has 276 valence electrons. The number of thiazole rings is 1. The number of alkyl halides is 3. The zero-order chi connectivity index (χ0) is 36.9. The van der Waals surface area contributed by atoms with Crippen LogP contribution in [0.25, 0.3) is 10.3 Å². The molecule has 2 aliphatic rings. The molecule has 1 fully saturated rings. The van der Waals surface area contributed by atoms with Crippen LogP contribution in [0.4, 0.5) is 19.0 Å². The molecule has 3 N–H and O–H groups in total. The summed E-state index contributed by atoms with van der Waals surface area (Å²) >= 11 is 1.32. The van der Waals surface area contributed by atoms with Crippen LogP contribution in [0.2, 0.25) is 0 Å². The van der Waals surface area contributed by atoms with Crippen molar-refractivity contribution < 1.29 is 41.0 Å². The number of aromatic nitrogens is 3. The van der Waals surface area contributed by atoms with Crippen LogP contribution in [-0.4, -0.2) is 103 Å². The van der Waals surface area contributed by atoms with E-state index in [0.29, 0.717) is 24.0 Å². The van der Waals surface area contributed by atoms with Gasteiger partial charge in [0, 0.05) is 52.2 Å². The zero-order valence-electron chi connectivity index (χ0n) is 28.7. The van der Waals surface area contributed by atoms with E-state index in [1.165, 1.54) is 31.0 Å². The van der Waals surface area contributed by atoms with Gasteiger partial charge < -0.3 is 20.1 Å². The molecule has 13 nitrogen and oxygen atoms in total. The fourth-order valence-corrected chi connectivity index (χ4v) is 7.03. The van der Waals surface area contributed by atoms with Gasteiger partial charge in [0.25, 0.3) is 5.91 Å². The predicted octanol–water partition coefficient (Wildman–Crippen LogP) is 4.67. The van der Waals surface area contributed by atoms with E-state index >= 15 is 0 Å². The summed E-state index contributed by atoms with van der Waals surface area (Å²) in [7, 11) is -0.778. The maximum Gasteiger partial charge on any atom is 0.490 e. The summed E-state index contributed by atoms with van der Waals surface area (Å²) in [5.41, 5.74) is 4.16. The highest BCUT2D eigenvalue weighted by molar-refractivity contribution is 7.90. The van der Waals surface area contributed by atoms with Gasteiger partial charge in [0.1, 0.15) is 16.2 Å². The topological polar surface area (TPSA) is 167 Å². The van der Waals surface area contributed by atoms with E-state index in [2.05, 4.69) is 46.8 Å². The number of aliphatic carboxylic acids is 1. The summed E-state index contributed by atoms with van der Waals surface area (Å²) in [4.78, 5) is 39.6. The Morgan fingerprint density at radius 2 is 1.88 bits per heavy atom. The van der Waals surface area contributed by atoms with Crippen molar-refractivity contribution >= 4 is 49.6 Å². The first-order chi connectivity index (χ1) is 23.3. The van der Waals surface area contributed by atoms with Crippen LogP contribution < -0.4 is 10.0 Å². The van der Waals surface area contributed by atoms with Gasteiger partial charge in [-0.15, -0.1) is 0 Å². The van der Waals surface area contributed by atoms with Gasteiger partial charge in [0.2, 0.25) is 0 Å².